The van der Waals surface area contributed by atoms with Crippen LogP contribution in [0.2, 0.25) is 0 Å². The van der Waals surface area contributed by atoms with E-state index in [4.69, 9.17) is 4.79 Å². The van der Waals surface area contributed by atoms with Crippen molar-refractivity contribution in [1.82, 2.24) is 0 Å². The molecule has 44 valence electrons. The second kappa shape index (κ2) is 9.15. The fourth-order valence-corrected chi connectivity index (χ4v) is 0. The minimum absolute atomic E-state index is 0.833. The molecule has 7 heavy (non-hydrogen) atoms. The maximum Gasteiger partial charge on any atom is 0.309 e. The standard InChI is InChI=1S/C2H6S.CH4N2O/c1-3-2;2-1(3)4/h1-2H3;(H4,2,3,4). The predicted octanol–water partition coefficient (Wildman–Crippen LogP) is 0.00300. The summed E-state index contributed by atoms with van der Waals surface area (Å²) in [6, 6.07) is -0.833. The lowest BCUT2D eigenvalue weighted by atomic mass is 11.2. The number of hydrogen-bond donors (Lipinski definition) is 2. The molecule has 0 atom stereocenters. The van der Waals surface area contributed by atoms with Gasteiger partial charge in [0.05, 0.1) is 0 Å². The van der Waals surface area contributed by atoms with Crippen molar-refractivity contribution in [3.05, 3.63) is 0 Å². The van der Waals surface area contributed by atoms with Gasteiger partial charge in [-0.2, -0.15) is 11.8 Å². The zero-order chi connectivity index (χ0) is 6.28. The molecule has 0 aliphatic carbocycles. The average Bonchev–Trinajstić information content (AvgIpc) is 1.33. The highest BCUT2D eigenvalue weighted by molar-refractivity contribution is 7.97. The Bertz CT molecular complexity index is 44.2. The van der Waals surface area contributed by atoms with Gasteiger partial charge in [-0.15, -0.1) is 0 Å². The molecule has 2 amide bonds. The van der Waals surface area contributed by atoms with Crippen LogP contribution in [0.3, 0.4) is 0 Å². The van der Waals surface area contributed by atoms with Crippen molar-refractivity contribution in [3.63, 3.8) is 0 Å². The second-order valence-corrected chi connectivity index (χ2v) is 1.63. The fraction of sp³-hybridized carbons (Fsp3) is 0.667. The zero-order valence-electron chi connectivity index (χ0n) is 4.47. The van der Waals surface area contributed by atoms with Gasteiger partial charge in [0.15, 0.2) is 0 Å². The Morgan fingerprint density at radius 2 is 1.43 bits per heavy atom. The lowest BCUT2D eigenvalue weighted by Crippen LogP contribution is -2.18. The van der Waals surface area contributed by atoms with Crippen LogP contribution in [0.1, 0.15) is 0 Å². The predicted molar refractivity (Wildman–Crippen MR) is 33.2 cm³/mol. The van der Waals surface area contributed by atoms with Crippen LogP contribution in [0.15, 0.2) is 0 Å². The molecule has 4 heteroatoms. The first kappa shape index (κ1) is 9.80. The zero-order valence-corrected chi connectivity index (χ0v) is 5.29. The van der Waals surface area contributed by atoms with Crippen LogP contribution in [0.5, 0.6) is 0 Å². The molecule has 0 aliphatic heterocycles. The molecule has 0 aliphatic rings. The van der Waals surface area contributed by atoms with Crippen molar-refractivity contribution < 1.29 is 4.79 Å². The maximum absolute atomic E-state index is 9.00. The van der Waals surface area contributed by atoms with Crippen LogP contribution >= 0.6 is 11.8 Å². The monoisotopic (exact) mass is 122 g/mol. The van der Waals surface area contributed by atoms with E-state index in [9.17, 15) is 0 Å². The van der Waals surface area contributed by atoms with E-state index in [1.165, 1.54) is 0 Å². The first-order chi connectivity index (χ1) is 3.15. The van der Waals surface area contributed by atoms with Crippen LogP contribution in [-0.2, 0) is 0 Å². The third kappa shape index (κ3) is 510. The number of carbonyl (C=O) groups excluding carboxylic acids is 1. The van der Waals surface area contributed by atoms with Crippen LogP contribution in [0, 0.1) is 0 Å². The Balaban J connectivity index is 0. The molecule has 0 fully saturated rings. The van der Waals surface area contributed by atoms with Gasteiger partial charge in [-0.25, -0.2) is 4.79 Å². The van der Waals surface area contributed by atoms with E-state index < -0.39 is 6.03 Å². The normalized spacial score (nSPS) is 6.00. The molecule has 0 saturated carbocycles. The van der Waals surface area contributed by atoms with Crippen LogP contribution in [0.4, 0.5) is 4.79 Å². The highest BCUT2D eigenvalue weighted by atomic mass is 32.2. The minimum Gasteiger partial charge on any atom is -0.352 e. The van der Waals surface area contributed by atoms with Crippen molar-refractivity contribution in [2.75, 3.05) is 12.5 Å². The van der Waals surface area contributed by atoms with Crippen molar-refractivity contribution in [2.45, 2.75) is 0 Å². The summed E-state index contributed by atoms with van der Waals surface area (Å²) >= 11 is 1.75. The van der Waals surface area contributed by atoms with Crippen LogP contribution in [-0.4, -0.2) is 18.5 Å². The highest BCUT2D eigenvalue weighted by Crippen LogP contribution is 1.70. The third-order valence-corrected chi connectivity index (χ3v) is 0. The summed E-state index contributed by atoms with van der Waals surface area (Å²) in [5.41, 5.74) is 8.50. The molecule has 0 aromatic rings. The molecule has 0 spiro atoms. The number of nitrogens with two attached hydrogens (primary N) is 2. The summed E-state index contributed by atoms with van der Waals surface area (Å²) in [6.07, 6.45) is 4.08. The van der Waals surface area contributed by atoms with Crippen molar-refractivity contribution in [3.8, 4) is 0 Å². The van der Waals surface area contributed by atoms with Crippen LogP contribution in [0.25, 0.3) is 0 Å². The topological polar surface area (TPSA) is 69.1 Å². The van der Waals surface area contributed by atoms with Gasteiger partial charge >= 0.3 is 6.03 Å². The average molecular weight is 122 g/mol. The Hall–Kier alpha value is -0.380. The smallest absolute Gasteiger partial charge is 0.309 e. The summed E-state index contributed by atoms with van der Waals surface area (Å²) in [5, 5.41) is 0. The van der Waals surface area contributed by atoms with E-state index in [1.807, 2.05) is 12.5 Å². The quantitative estimate of drug-likeness (QED) is 0.475. The van der Waals surface area contributed by atoms with Crippen LogP contribution < -0.4 is 11.5 Å². The summed E-state index contributed by atoms with van der Waals surface area (Å²) in [4.78, 5) is 9.00. The summed E-state index contributed by atoms with van der Waals surface area (Å²) in [5.74, 6) is 0. The Kier molecular flexibility index (Phi) is 12.8. The molecule has 0 aromatic carbocycles. The first-order valence-electron chi connectivity index (χ1n) is 1.60. The van der Waals surface area contributed by atoms with Gasteiger partial charge in [0.25, 0.3) is 0 Å². The van der Waals surface area contributed by atoms with Crippen molar-refractivity contribution in [2.24, 2.45) is 11.5 Å². The Morgan fingerprint density at radius 1 is 1.43 bits per heavy atom. The molecular weight excluding hydrogens is 112 g/mol. The molecule has 0 radical (unpaired) electrons. The van der Waals surface area contributed by atoms with E-state index in [-0.39, 0.29) is 0 Å². The van der Waals surface area contributed by atoms with Gasteiger partial charge in [-0.05, 0) is 12.5 Å². The van der Waals surface area contributed by atoms with Gasteiger partial charge in [-0.3, -0.25) is 0 Å². The third-order valence-electron chi connectivity index (χ3n) is 0. The number of hydrogen-bond acceptors (Lipinski definition) is 2. The van der Waals surface area contributed by atoms with E-state index in [2.05, 4.69) is 11.5 Å². The van der Waals surface area contributed by atoms with Crippen molar-refractivity contribution >= 4 is 17.8 Å². The number of thioether (sulfide) groups is 1. The first-order valence-corrected chi connectivity index (χ1v) is 3.23. The number of rotatable bonds is 0. The lowest BCUT2D eigenvalue weighted by Gasteiger charge is -1.62. The van der Waals surface area contributed by atoms with Crippen molar-refractivity contribution in [1.29, 1.82) is 0 Å². The molecule has 3 nitrogen and oxygen atoms in total. The molecule has 0 saturated heterocycles. The summed E-state index contributed by atoms with van der Waals surface area (Å²) in [7, 11) is 0. The minimum atomic E-state index is -0.833. The maximum atomic E-state index is 9.00. The Labute approximate surface area is 47.4 Å². The molecule has 0 heterocycles. The van der Waals surface area contributed by atoms with E-state index in [0.29, 0.717) is 0 Å². The molecule has 0 aromatic heterocycles. The molecule has 4 N–H and O–H groups in total. The lowest BCUT2D eigenvalue weighted by molar-refractivity contribution is 0.256. The van der Waals surface area contributed by atoms with Gasteiger partial charge in [0, 0.05) is 0 Å². The van der Waals surface area contributed by atoms with E-state index in [1.54, 1.807) is 11.8 Å². The highest BCUT2D eigenvalue weighted by Gasteiger charge is 1.60. The molecular formula is C3H10N2OS. The van der Waals surface area contributed by atoms with Gasteiger partial charge in [0.2, 0.25) is 0 Å². The number of carbonyl (C=O) groups is 1. The Morgan fingerprint density at radius 3 is 1.43 bits per heavy atom. The van der Waals surface area contributed by atoms with E-state index in [0.717, 1.165) is 0 Å². The van der Waals surface area contributed by atoms with Gasteiger partial charge in [-0.1, -0.05) is 0 Å². The fourth-order valence-electron chi connectivity index (χ4n) is 0. The number of urea groups is 1. The second-order valence-electron chi connectivity index (χ2n) is 0.811. The molecule has 0 bridgehead atoms. The molecule has 0 rings (SSSR count). The van der Waals surface area contributed by atoms with Gasteiger partial charge in [0.1, 0.15) is 0 Å². The largest absolute Gasteiger partial charge is 0.352 e. The number of amides is 2. The number of primary amides is 2. The van der Waals surface area contributed by atoms with E-state index >= 15 is 0 Å². The SMILES string of the molecule is CSC.NC(N)=O. The summed E-state index contributed by atoms with van der Waals surface area (Å²) in [6.45, 7) is 0. The summed E-state index contributed by atoms with van der Waals surface area (Å²) < 4.78 is 0. The van der Waals surface area contributed by atoms with Gasteiger partial charge < -0.3 is 11.5 Å². The molecule has 0 unspecified atom stereocenters.